The Bertz CT molecular complexity index is 645. The van der Waals surface area contributed by atoms with Gasteiger partial charge in [-0.15, -0.1) is 0 Å². The smallest absolute Gasteiger partial charge is 0.171 e. The third kappa shape index (κ3) is 5.07. The number of nitriles is 1. The summed E-state index contributed by atoms with van der Waals surface area (Å²) in [5.41, 5.74) is 2.99. The van der Waals surface area contributed by atoms with Gasteiger partial charge in [-0.3, -0.25) is 0 Å². The summed E-state index contributed by atoms with van der Waals surface area (Å²) in [5.74, 6) is 0. The lowest BCUT2D eigenvalue weighted by atomic mass is 10.1. The molecular weight excluding hydrogens is 302 g/mol. The monoisotopic (exact) mass is 315 g/mol. The summed E-state index contributed by atoms with van der Waals surface area (Å²) in [4.78, 5) is 0. The Morgan fingerprint density at radius 1 is 1.05 bits per heavy atom. The van der Waals surface area contributed by atoms with Crippen molar-refractivity contribution in [2.24, 2.45) is 0 Å². The largest absolute Gasteiger partial charge is 0.358 e. The first-order chi connectivity index (χ1) is 10.2. The van der Waals surface area contributed by atoms with Gasteiger partial charge in [0.1, 0.15) is 0 Å². The van der Waals surface area contributed by atoms with Crippen LogP contribution >= 0.6 is 23.8 Å². The first kappa shape index (κ1) is 15.3. The fraction of sp³-hybridized carbons (Fsp3) is 0.125. The van der Waals surface area contributed by atoms with E-state index in [-0.39, 0.29) is 0 Å². The second-order valence-electron chi connectivity index (χ2n) is 4.47. The summed E-state index contributed by atoms with van der Waals surface area (Å²) in [6.45, 7) is 0.634. The number of hydrogen-bond donors (Lipinski definition) is 2. The van der Waals surface area contributed by atoms with Crippen molar-refractivity contribution in [3.8, 4) is 6.07 Å². The van der Waals surface area contributed by atoms with Gasteiger partial charge in [0.05, 0.1) is 12.5 Å². The second-order valence-corrected chi connectivity index (χ2v) is 5.31. The molecule has 0 fully saturated rings. The zero-order chi connectivity index (χ0) is 15.1. The van der Waals surface area contributed by atoms with E-state index in [1.165, 1.54) is 0 Å². The van der Waals surface area contributed by atoms with Gasteiger partial charge in [-0.05, 0) is 47.6 Å². The van der Waals surface area contributed by atoms with Crippen LogP contribution in [0.25, 0.3) is 0 Å². The van der Waals surface area contributed by atoms with Gasteiger partial charge in [-0.2, -0.15) is 5.26 Å². The molecule has 0 saturated heterocycles. The van der Waals surface area contributed by atoms with Crippen molar-refractivity contribution >= 4 is 34.6 Å². The Kier molecular flexibility index (Phi) is 5.56. The Labute approximate surface area is 134 Å². The molecule has 0 aromatic heterocycles. The summed E-state index contributed by atoms with van der Waals surface area (Å²) in [7, 11) is 0. The fourth-order valence-electron chi connectivity index (χ4n) is 1.76. The Morgan fingerprint density at radius 2 is 1.67 bits per heavy atom. The number of nitrogens with zero attached hydrogens (tertiary/aromatic N) is 1. The number of rotatable bonds is 4. The molecule has 0 bridgehead atoms. The molecule has 0 aliphatic heterocycles. The molecule has 106 valence electrons. The highest BCUT2D eigenvalue weighted by molar-refractivity contribution is 7.80. The minimum absolute atomic E-state index is 0.416. The summed E-state index contributed by atoms with van der Waals surface area (Å²) >= 11 is 11.1. The molecule has 0 heterocycles. The van der Waals surface area contributed by atoms with E-state index in [0.29, 0.717) is 18.1 Å². The van der Waals surface area contributed by atoms with Gasteiger partial charge in [-0.1, -0.05) is 35.9 Å². The molecule has 21 heavy (non-hydrogen) atoms. The fourth-order valence-corrected chi connectivity index (χ4v) is 2.07. The average molecular weight is 316 g/mol. The van der Waals surface area contributed by atoms with Crippen LogP contribution in [0.4, 0.5) is 5.69 Å². The maximum absolute atomic E-state index is 8.63. The van der Waals surface area contributed by atoms with E-state index in [4.69, 9.17) is 29.1 Å². The SMILES string of the molecule is N#CCc1ccc(NC(=S)NCc2ccc(Cl)cc2)cc1. The van der Waals surface area contributed by atoms with Crippen LogP contribution in [-0.2, 0) is 13.0 Å². The summed E-state index contributed by atoms with van der Waals surface area (Å²) in [5, 5.41) is 16.1. The first-order valence-electron chi connectivity index (χ1n) is 6.42. The highest BCUT2D eigenvalue weighted by Gasteiger charge is 1.99. The molecular formula is C16H14ClN3S. The van der Waals surface area contributed by atoms with Gasteiger partial charge < -0.3 is 10.6 Å². The first-order valence-corrected chi connectivity index (χ1v) is 7.21. The molecule has 2 aromatic carbocycles. The molecule has 0 saturated carbocycles. The highest BCUT2D eigenvalue weighted by atomic mass is 35.5. The number of anilines is 1. The van der Waals surface area contributed by atoms with Crippen molar-refractivity contribution in [2.45, 2.75) is 13.0 Å². The summed E-state index contributed by atoms with van der Waals surface area (Å²) in [6.07, 6.45) is 0.416. The Morgan fingerprint density at radius 3 is 2.29 bits per heavy atom. The third-order valence-electron chi connectivity index (χ3n) is 2.86. The number of hydrogen-bond acceptors (Lipinski definition) is 2. The van der Waals surface area contributed by atoms with Crippen molar-refractivity contribution in [3.63, 3.8) is 0 Å². The maximum Gasteiger partial charge on any atom is 0.171 e. The predicted octanol–water partition coefficient (Wildman–Crippen LogP) is 3.89. The van der Waals surface area contributed by atoms with E-state index in [1.807, 2.05) is 48.5 Å². The van der Waals surface area contributed by atoms with Gasteiger partial charge >= 0.3 is 0 Å². The molecule has 0 spiro atoms. The third-order valence-corrected chi connectivity index (χ3v) is 3.36. The zero-order valence-electron chi connectivity index (χ0n) is 11.3. The van der Waals surface area contributed by atoms with Gasteiger partial charge in [0.2, 0.25) is 0 Å². The second kappa shape index (κ2) is 7.63. The van der Waals surface area contributed by atoms with Gasteiger partial charge in [0.15, 0.2) is 5.11 Å². The number of thiocarbonyl (C=S) groups is 1. The molecule has 2 aromatic rings. The molecule has 2 N–H and O–H groups in total. The van der Waals surface area contributed by atoms with Crippen LogP contribution in [0.2, 0.25) is 5.02 Å². The molecule has 0 aliphatic rings. The summed E-state index contributed by atoms with van der Waals surface area (Å²) in [6, 6.07) is 17.4. The number of benzene rings is 2. The number of nitrogens with one attached hydrogen (secondary N) is 2. The highest BCUT2D eigenvalue weighted by Crippen LogP contribution is 2.11. The molecule has 3 nitrogen and oxygen atoms in total. The van der Waals surface area contributed by atoms with Gasteiger partial charge in [0.25, 0.3) is 0 Å². The van der Waals surface area contributed by atoms with Gasteiger partial charge in [0, 0.05) is 17.3 Å². The van der Waals surface area contributed by atoms with E-state index >= 15 is 0 Å². The van der Waals surface area contributed by atoms with E-state index < -0.39 is 0 Å². The zero-order valence-corrected chi connectivity index (χ0v) is 12.8. The minimum Gasteiger partial charge on any atom is -0.358 e. The van der Waals surface area contributed by atoms with Crippen molar-refractivity contribution < 1.29 is 0 Å². The minimum atomic E-state index is 0.416. The molecule has 0 amide bonds. The van der Waals surface area contributed by atoms with Crippen LogP contribution < -0.4 is 10.6 Å². The normalized spacial score (nSPS) is 9.71. The van der Waals surface area contributed by atoms with Crippen LogP contribution in [-0.4, -0.2) is 5.11 Å². The van der Waals surface area contributed by atoms with Crippen molar-refractivity contribution in [2.75, 3.05) is 5.32 Å². The van der Waals surface area contributed by atoms with E-state index in [2.05, 4.69) is 16.7 Å². The molecule has 0 radical (unpaired) electrons. The molecule has 0 aliphatic carbocycles. The lowest BCUT2D eigenvalue weighted by molar-refractivity contribution is 0.926. The van der Waals surface area contributed by atoms with Crippen LogP contribution in [0, 0.1) is 11.3 Å². The standard InChI is InChI=1S/C16H14ClN3S/c17-14-5-1-13(2-6-14)11-19-16(21)20-15-7-3-12(4-8-15)9-10-18/h1-8H,9,11H2,(H2,19,20,21). The van der Waals surface area contributed by atoms with Crippen LogP contribution in [0.15, 0.2) is 48.5 Å². The maximum atomic E-state index is 8.63. The van der Waals surface area contributed by atoms with Crippen LogP contribution in [0.5, 0.6) is 0 Å². The molecule has 0 atom stereocenters. The Balaban J connectivity index is 1.84. The van der Waals surface area contributed by atoms with Crippen molar-refractivity contribution in [3.05, 3.63) is 64.7 Å². The average Bonchev–Trinajstić information content (AvgIpc) is 2.49. The molecule has 2 rings (SSSR count). The Hall–Kier alpha value is -2.09. The van der Waals surface area contributed by atoms with Crippen molar-refractivity contribution in [1.29, 1.82) is 5.26 Å². The molecule has 0 unspecified atom stereocenters. The quantitative estimate of drug-likeness (QED) is 0.840. The van der Waals surface area contributed by atoms with Crippen LogP contribution in [0.3, 0.4) is 0 Å². The van der Waals surface area contributed by atoms with Gasteiger partial charge in [-0.25, -0.2) is 0 Å². The molecule has 5 heteroatoms. The van der Waals surface area contributed by atoms with Crippen LogP contribution in [0.1, 0.15) is 11.1 Å². The van der Waals surface area contributed by atoms with E-state index in [9.17, 15) is 0 Å². The predicted molar refractivity (Wildman–Crippen MR) is 90.3 cm³/mol. The van der Waals surface area contributed by atoms with Crippen molar-refractivity contribution in [1.82, 2.24) is 5.32 Å². The summed E-state index contributed by atoms with van der Waals surface area (Å²) < 4.78 is 0. The van der Waals surface area contributed by atoms with E-state index in [1.54, 1.807) is 0 Å². The van der Waals surface area contributed by atoms with E-state index in [0.717, 1.165) is 21.8 Å². The lowest BCUT2D eigenvalue weighted by Gasteiger charge is -2.11. The topological polar surface area (TPSA) is 47.9 Å². The lowest BCUT2D eigenvalue weighted by Crippen LogP contribution is -2.27. The number of halogens is 1.